The molecule has 136 valence electrons. The molecule has 0 aliphatic heterocycles. The second-order valence-corrected chi connectivity index (χ2v) is 7.29. The van der Waals surface area contributed by atoms with Crippen LogP contribution in [-0.2, 0) is 9.53 Å². The van der Waals surface area contributed by atoms with E-state index < -0.39 is 0 Å². The summed E-state index contributed by atoms with van der Waals surface area (Å²) in [5.41, 5.74) is 1.19. The van der Waals surface area contributed by atoms with Gasteiger partial charge in [-0.25, -0.2) is 0 Å². The van der Waals surface area contributed by atoms with Crippen LogP contribution in [0.5, 0.6) is 0 Å². The van der Waals surface area contributed by atoms with Crippen molar-refractivity contribution in [2.45, 2.75) is 104 Å². The summed E-state index contributed by atoms with van der Waals surface area (Å²) in [6.45, 7) is 8.67. The Hall–Kier alpha value is -0.790. The topological polar surface area (TPSA) is 26.3 Å². The summed E-state index contributed by atoms with van der Waals surface area (Å²) in [6, 6.07) is 0. The number of hydrogen-bond donors (Lipinski definition) is 0. The van der Waals surface area contributed by atoms with E-state index in [1.807, 2.05) is 0 Å². The summed E-state index contributed by atoms with van der Waals surface area (Å²) in [7, 11) is 1.44. The maximum atomic E-state index is 11.0. The average Bonchev–Trinajstić information content (AvgIpc) is 2.53. The maximum Gasteiger partial charge on any atom is 0.305 e. The normalized spacial score (nSPS) is 11.0. The second-order valence-electron chi connectivity index (χ2n) is 7.29. The monoisotopic (exact) mass is 324 g/mol. The largest absolute Gasteiger partial charge is 0.469 e. The molecular formula is C21H40O2. The van der Waals surface area contributed by atoms with Crippen LogP contribution in [0.25, 0.3) is 0 Å². The number of allylic oxidation sites excluding steroid dienone is 1. The Labute approximate surface area is 145 Å². The van der Waals surface area contributed by atoms with Gasteiger partial charge in [0.15, 0.2) is 0 Å². The third-order valence-electron chi connectivity index (χ3n) is 4.47. The number of ether oxygens (including phenoxy) is 1. The summed E-state index contributed by atoms with van der Waals surface area (Å²) in [5, 5.41) is 0. The third-order valence-corrected chi connectivity index (χ3v) is 4.47. The Morgan fingerprint density at radius 1 is 0.783 bits per heavy atom. The highest BCUT2D eigenvalue weighted by Crippen LogP contribution is 2.16. The van der Waals surface area contributed by atoms with E-state index in [1.54, 1.807) is 0 Å². The summed E-state index contributed by atoms with van der Waals surface area (Å²) < 4.78 is 4.64. The minimum atomic E-state index is -0.129. The molecule has 0 aromatic heterocycles. The highest BCUT2D eigenvalue weighted by Gasteiger charge is 2.02. The van der Waals surface area contributed by atoms with Gasteiger partial charge >= 0.3 is 5.97 Å². The van der Waals surface area contributed by atoms with Crippen molar-refractivity contribution in [1.29, 1.82) is 0 Å². The predicted octanol–water partition coefficient (Wildman–Crippen LogP) is 6.83. The van der Waals surface area contributed by atoms with Gasteiger partial charge in [-0.3, -0.25) is 4.79 Å². The zero-order chi connectivity index (χ0) is 17.3. The molecule has 23 heavy (non-hydrogen) atoms. The van der Waals surface area contributed by atoms with Gasteiger partial charge in [-0.15, -0.1) is 0 Å². The molecule has 2 nitrogen and oxygen atoms in total. The molecule has 0 fully saturated rings. The van der Waals surface area contributed by atoms with Gasteiger partial charge in [-0.2, -0.15) is 0 Å². The molecule has 0 bridgehead atoms. The number of rotatable bonds is 16. The standard InChI is InChI=1S/C21H40O2/c1-19(2)15-13-11-9-7-5-6-8-10-12-14-16-20(3)17-18-21(22)23-4/h19H,3,5-18H2,1-2,4H3. The molecule has 0 atom stereocenters. The SMILES string of the molecule is C=C(CCCCCCCCCCCCC(C)C)CCC(=O)OC. The molecule has 0 radical (unpaired) electrons. The van der Waals surface area contributed by atoms with E-state index in [9.17, 15) is 4.79 Å². The van der Waals surface area contributed by atoms with Gasteiger partial charge in [0.2, 0.25) is 0 Å². The minimum Gasteiger partial charge on any atom is -0.469 e. The van der Waals surface area contributed by atoms with Crippen molar-refractivity contribution in [2.75, 3.05) is 7.11 Å². The molecule has 0 amide bonds. The van der Waals surface area contributed by atoms with E-state index in [0.29, 0.717) is 6.42 Å². The fourth-order valence-corrected chi connectivity index (χ4v) is 2.85. The summed E-state index contributed by atoms with van der Waals surface area (Å²) in [6.07, 6.45) is 17.4. The Morgan fingerprint density at radius 3 is 1.74 bits per heavy atom. The van der Waals surface area contributed by atoms with Crippen molar-refractivity contribution < 1.29 is 9.53 Å². The fraction of sp³-hybridized carbons (Fsp3) is 0.857. The van der Waals surface area contributed by atoms with E-state index in [4.69, 9.17) is 0 Å². The third kappa shape index (κ3) is 17.4. The van der Waals surface area contributed by atoms with Gasteiger partial charge in [0.25, 0.3) is 0 Å². The molecule has 0 rings (SSSR count). The van der Waals surface area contributed by atoms with E-state index in [2.05, 4.69) is 25.2 Å². The first-order chi connectivity index (χ1) is 11.1. The Balaban J connectivity index is 3.18. The molecule has 0 spiro atoms. The Bertz CT molecular complexity index is 294. The van der Waals surface area contributed by atoms with Crippen molar-refractivity contribution >= 4 is 5.97 Å². The van der Waals surface area contributed by atoms with Crippen LogP contribution >= 0.6 is 0 Å². The van der Waals surface area contributed by atoms with Crippen molar-refractivity contribution in [1.82, 2.24) is 0 Å². The number of carbonyl (C=O) groups is 1. The van der Waals surface area contributed by atoms with E-state index in [0.717, 1.165) is 18.8 Å². The minimum absolute atomic E-state index is 0.129. The predicted molar refractivity (Wildman–Crippen MR) is 101 cm³/mol. The zero-order valence-corrected chi connectivity index (χ0v) is 16.0. The van der Waals surface area contributed by atoms with Crippen LogP contribution in [0.2, 0.25) is 0 Å². The van der Waals surface area contributed by atoms with E-state index >= 15 is 0 Å². The lowest BCUT2D eigenvalue weighted by atomic mass is 10.0. The summed E-state index contributed by atoms with van der Waals surface area (Å²) >= 11 is 0. The molecule has 2 heteroatoms. The number of unbranched alkanes of at least 4 members (excludes halogenated alkanes) is 9. The van der Waals surface area contributed by atoms with Crippen LogP contribution in [0, 0.1) is 5.92 Å². The van der Waals surface area contributed by atoms with Gasteiger partial charge < -0.3 is 4.74 Å². The smallest absolute Gasteiger partial charge is 0.305 e. The van der Waals surface area contributed by atoms with Gasteiger partial charge in [0.05, 0.1) is 7.11 Å². The molecular weight excluding hydrogens is 284 g/mol. The van der Waals surface area contributed by atoms with E-state index in [-0.39, 0.29) is 5.97 Å². The highest BCUT2D eigenvalue weighted by molar-refractivity contribution is 5.69. The first kappa shape index (κ1) is 22.2. The number of carbonyl (C=O) groups excluding carboxylic acids is 1. The number of esters is 1. The van der Waals surface area contributed by atoms with Crippen molar-refractivity contribution in [3.8, 4) is 0 Å². The number of hydrogen-bond acceptors (Lipinski definition) is 2. The molecule has 0 saturated carbocycles. The first-order valence-electron chi connectivity index (χ1n) is 9.79. The second kappa shape index (κ2) is 16.1. The lowest BCUT2D eigenvalue weighted by molar-refractivity contribution is -0.140. The lowest BCUT2D eigenvalue weighted by Gasteiger charge is -2.06. The van der Waals surface area contributed by atoms with Crippen molar-refractivity contribution in [3.05, 3.63) is 12.2 Å². The molecule has 0 aromatic carbocycles. The zero-order valence-electron chi connectivity index (χ0n) is 16.0. The van der Waals surface area contributed by atoms with Gasteiger partial charge in [0.1, 0.15) is 0 Å². The van der Waals surface area contributed by atoms with Crippen LogP contribution < -0.4 is 0 Å². The maximum absolute atomic E-state index is 11.0. The van der Waals surface area contributed by atoms with Crippen LogP contribution in [-0.4, -0.2) is 13.1 Å². The summed E-state index contributed by atoms with van der Waals surface area (Å²) in [4.78, 5) is 11.0. The Morgan fingerprint density at radius 2 is 1.26 bits per heavy atom. The van der Waals surface area contributed by atoms with Gasteiger partial charge in [-0.05, 0) is 25.2 Å². The van der Waals surface area contributed by atoms with Crippen molar-refractivity contribution in [2.24, 2.45) is 5.92 Å². The van der Waals surface area contributed by atoms with Crippen LogP contribution in [0.3, 0.4) is 0 Å². The van der Waals surface area contributed by atoms with Crippen molar-refractivity contribution in [3.63, 3.8) is 0 Å². The quantitative estimate of drug-likeness (QED) is 0.177. The molecule has 0 aliphatic carbocycles. The average molecular weight is 325 g/mol. The highest BCUT2D eigenvalue weighted by atomic mass is 16.5. The molecule has 0 saturated heterocycles. The first-order valence-corrected chi connectivity index (χ1v) is 9.79. The molecule has 0 unspecified atom stereocenters. The molecule has 0 N–H and O–H groups in total. The van der Waals surface area contributed by atoms with Gasteiger partial charge in [0, 0.05) is 6.42 Å². The van der Waals surface area contributed by atoms with E-state index in [1.165, 1.54) is 83.3 Å². The lowest BCUT2D eigenvalue weighted by Crippen LogP contribution is -2.00. The molecule has 0 aromatic rings. The summed E-state index contributed by atoms with van der Waals surface area (Å²) in [5.74, 6) is 0.738. The van der Waals surface area contributed by atoms with Crippen LogP contribution in [0.15, 0.2) is 12.2 Å². The Kier molecular flexibility index (Phi) is 15.5. The van der Waals surface area contributed by atoms with Crippen LogP contribution in [0.4, 0.5) is 0 Å². The number of methoxy groups -OCH3 is 1. The molecule has 0 aliphatic rings. The molecule has 0 heterocycles. The van der Waals surface area contributed by atoms with Crippen LogP contribution in [0.1, 0.15) is 104 Å². The van der Waals surface area contributed by atoms with Gasteiger partial charge in [-0.1, -0.05) is 90.2 Å². The fourth-order valence-electron chi connectivity index (χ4n) is 2.85.